The van der Waals surface area contributed by atoms with Crippen molar-refractivity contribution >= 4 is 34.3 Å². The van der Waals surface area contributed by atoms with Crippen molar-refractivity contribution in [3.63, 3.8) is 0 Å². The lowest BCUT2D eigenvalue weighted by atomic mass is 9.80. The van der Waals surface area contributed by atoms with Gasteiger partial charge in [-0.3, -0.25) is 19.4 Å². The largest absolute Gasteiger partial charge is 0.573 e. The standard InChI is InChI=1S/C30H28F3N5O4/c1-28(2,3)14-22(36-25(39)18-11-17-7-6-10-35-24(17)23(12-18)42-30(31,32)33)26(40)38-16-29(13-19(38)15-34)20-8-4-5-9-21(20)37-27(29)41/h4-12,19,22H,13-14,16H2,1-3H3,(H,36,39)(H,37,41)/t19-,22-,29-/m0/s1. The first-order chi connectivity index (χ1) is 19.7. The van der Waals surface area contributed by atoms with Gasteiger partial charge in [0, 0.05) is 35.8 Å². The van der Waals surface area contributed by atoms with Crippen molar-refractivity contribution < 1.29 is 32.3 Å². The number of fused-ring (bicyclic) bond motifs is 3. The summed E-state index contributed by atoms with van der Waals surface area (Å²) in [5.41, 5.74) is -0.511. The molecule has 3 aromatic rings. The van der Waals surface area contributed by atoms with Crippen LogP contribution < -0.4 is 15.4 Å². The van der Waals surface area contributed by atoms with Crippen molar-refractivity contribution in [2.45, 2.75) is 57.5 Å². The maximum absolute atomic E-state index is 14.0. The summed E-state index contributed by atoms with van der Waals surface area (Å²) in [6.07, 6.45) is -3.47. The van der Waals surface area contributed by atoms with Gasteiger partial charge in [-0.25, -0.2) is 0 Å². The van der Waals surface area contributed by atoms with E-state index in [2.05, 4.69) is 26.4 Å². The fraction of sp³-hybridized carbons (Fsp3) is 0.367. The molecule has 1 saturated heterocycles. The molecule has 12 heteroatoms. The first-order valence-corrected chi connectivity index (χ1v) is 13.3. The van der Waals surface area contributed by atoms with E-state index in [1.807, 2.05) is 20.8 Å². The normalized spacial score (nSPS) is 20.6. The molecule has 1 aromatic heterocycles. The highest BCUT2D eigenvalue weighted by Crippen LogP contribution is 2.46. The number of rotatable bonds is 5. The molecule has 0 radical (unpaired) electrons. The minimum atomic E-state index is -5.02. The third-order valence-electron chi connectivity index (χ3n) is 7.49. The van der Waals surface area contributed by atoms with E-state index >= 15 is 0 Å². The van der Waals surface area contributed by atoms with Gasteiger partial charge in [0.15, 0.2) is 5.75 Å². The van der Waals surface area contributed by atoms with Gasteiger partial charge in [-0.2, -0.15) is 5.26 Å². The molecule has 1 spiro atoms. The zero-order valence-corrected chi connectivity index (χ0v) is 23.1. The zero-order valence-electron chi connectivity index (χ0n) is 23.1. The first-order valence-electron chi connectivity index (χ1n) is 13.3. The average molecular weight is 580 g/mol. The molecule has 3 atom stereocenters. The molecule has 0 unspecified atom stereocenters. The van der Waals surface area contributed by atoms with Crippen LogP contribution in [0.15, 0.2) is 54.7 Å². The van der Waals surface area contributed by atoms with E-state index in [0.29, 0.717) is 11.3 Å². The molecule has 2 aromatic carbocycles. The Morgan fingerprint density at radius 3 is 2.64 bits per heavy atom. The molecular formula is C30H28F3N5O4. The number of hydrogen-bond donors (Lipinski definition) is 2. The molecule has 42 heavy (non-hydrogen) atoms. The molecule has 9 nitrogen and oxygen atoms in total. The minimum absolute atomic E-state index is 0.0609. The number of halogens is 3. The number of nitrogens with one attached hydrogen (secondary N) is 2. The maximum atomic E-state index is 14.0. The Labute approximate surface area is 239 Å². The number of para-hydroxylation sites is 1. The summed E-state index contributed by atoms with van der Waals surface area (Å²) < 4.78 is 43.6. The van der Waals surface area contributed by atoms with Crippen molar-refractivity contribution in [3.8, 4) is 11.8 Å². The zero-order chi connectivity index (χ0) is 30.4. The number of likely N-dealkylation sites (tertiary alicyclic amines) is 1. The summed E-state index contributed by atoms with van der Waals surface area (Å²) in [5.74, 6) is -2.33. The topological polar surface area (TPSA) is 124 Å². The molecule has 0 saturated carbocycles. The number of hydrogen-bond acceptors (Lipinski definition) is 6. The Morgan fingerprint density at radius 1 is 1.21 bits per heavy atom. The first kappa shape index (κ1) is 28.9. The van der Waals surface area contributed by atoms with Gasteiger partial charge in [-0.05, 0) is 41.7 Å². The Morgan fingerprint density at radius 2 is 1.95 bits per heavy atom. The monoisotopic (exact) mass is 579 g/mol. The van der Waals surface area contributed by atoms with Gasteiger partial charge in [0.2, 0.25) is 11.8 Å². The third-order valence-corrected chi connectivity index (χ3v) is 7.49. The molecule has 0 bridgehead atoms. The second kappa shape index (κ2) is 10.3. The van der Waals surface area contributed by atoms with E-state index in [1.165, 1.54) is 29.3 Å². The number of alkyl halides is 3. The second-order valence-electron chi connectivity index (χ2n) is 11.8. The Bertz CT molecular complexity index is 1630. The number of benzene rings is 2. The van der Waals surface area contributed by atoms with Crippen LogP contribution in [0, 0.1) is 16.7 Å². The molecule has 0 aliphatic carbocycles. The summed E-state index contributed by atoms with van der Waals surface area (Å²) in [6, 6.07) is 12.5. The summed E-state index contributed by atoms with van der Waals surface area (Å²) in [5, 5.41) is 15.7. The van der Waals surface area contributed by atoms with E-state index in [9.17, 15) is 32.8 Å². The van der Waals surface area contributed by atoms with E-state index in [1.54, 1.807) is 24.3 Å². The average Bonchev–Trinajstić information content (AvgIpc) is 3.44. The summed E-state index contributed by atoms with van der Waals surface area (Å²) in [7, 11) is 0. The lowest BCUT2D eigenvalue weighted by Crippen LogP contribution is -2.52. The van der Waals surface area contributed by atoms with Crippen LogP contribution in [-0.4, -0.2) is 52.6 Å². The molecule has 2 aliphatic rings. The van der Waals surface area contributed by atoms with Crippen LogP contribution in [0.25, 0.3) is 10.9 Å². The number of amides is 3. The summed E-state index contributed by atoms with van der Waals surface area (Å²) >= 11 is 0. The van der Waals surface area contributed by atoms with Gasteiger partial charge >= 0.3 is 6.36 Å². The molecule has 218 valence electrons. The fourth-order valence-electron chi connectivity index (χ4n) is 5.73. The Balaban J connectivity index is 1.47. The smallest absolute Gasteiger partial charge is 0.403 e. The molecular weight excluding hydrogens is 551 g/mol. The van der Waals surface area contributed by atoms with Crippen molar-refractivity contribution in [2.24, 2.45) is 5.41 Å². The van der Waals surface area contributed by atoms with E-state index in [0.717, 1.165) is 6.07 Å². The second-order valence-corrected chi connectivity index (χ2v) is 11.8. The number of ether oxygens (including phenoxy) is 1. The lowest BCUT2D eigenvalue weighted by molar-refractivity contribution is -0.274. The van der Waals surface area contributed by atoms with Crippen LogP contribution in [-0.2, 0) is 15.0 Å². The highest BCUT2D eigenvalue weighted by Gasteiger charge is 2.56. The van der Waals surface area contributed by atoms with Crippen molar-refractivity contribution in [2.75, 3.05) is 11.9 Å². The van der Waals surface area contributed by atoms with Crippen LogP contribution in [0.3, 0.4) is 0 Å². The van der Waals surface area contributed by atoms with Crippen LogP contribution >= 0.6 is 0 Å². The third kappa shape index (κ3) is 5.46. The van der Waals surface area contributed by atoms with Gasteiger partial charge in [0.05, 0.1) is 11.5 Å². The van der Waals surface area contributed by atoms with Crippen molar-refractivity contribution in [1.82, 2.24) is 15.2 Å². The van der Waals surface area contributed by atoms with Gasteiger partial charge in [0.25, 0.3) is 5.91 Å². The van der Waals surface area contributed by atoms with Gasteiger partial charge in [0.1, 0.15) is 17.6 Å². The SMILES string of the molecule is CC(C)(C)C[C@H](NC(=O)c1cc(OC(F)(F)F)c2ncccc2c1)C(=O)N1C[C@]2(C[C@H]1C#N)C(=O)Nc1ccccc12. The van der Waals surface area contributed by atoms with Crippen molar-refractivity contribution in [1.29, 1.82) is 5.26 Å². The Hall–Kier alpha value is -4.66. The number of aromatic nitrogens is 1. The molecule has 5 rings (SSSR count). The predicted molar refractivity (Wildman–Crippen MR) is 146 cm³/mol. The summed E-state index contributed by atoms with van der Waals surface area (Å²) in [4.78, 5) is 45.9. The van der Waals surface area contributed by atoms with Crippen LogP contribution in [0.4, 0.5) is 18.9 Å². The highest BCUT2D eigenvalue weighted by atomic mass is 19.4. The fourth-order valence-corrected chi connectivity index (χ4v) is 5.73. The Kier molecular flexibility index (Phi) is 7.08. The number of nitrogens with zero attached hydrogens (tertiary/aromatic N) is 3. The van der Waals surface area contributed by atoms with Crippen LogP contribution in [0.5, 0.6) is 5.75 Å². The summed E-state index contributed by atoms with van der Waals surface area (Å²) in [6.45, 7) is 5.54. The highest BCUT2D eigenvalue weighted by molar-refractivity contribution is 6.07. The van der Waals surface area contributed by atoms with E-state index in [-0.39, 0.29) is 41.8 Å². The molecule has 1 fully saturated rings. The molecule has 3 amide bonds. The van der Waals surface area contributed by atoms with Gasteiger partial charge < -0.3 is 20.3 Å². The predicted octanol–water partition coefficient (Wildman–Crippen LogP) is 4.68. The van der Waals surface area contributed by atoms with Gasteiger partial charge in [-0.15, -0.1) is 13.2 Å². The number of pyridine rings is 1. The van der Waals surface area contributed by atoms with Crippen LogP contribution in [0.1, 0.15) is 49.5 Å². The van der Waals surface area contributed by atoms with Crippen LogP contribution in [0.2, 0.25) is 0 Å². The van der Waals surface area contributed by atoms with Gasteiger partial charge in [-0.1, -0.05) is 45.0 Å². The quantitative estimate of drug-likeness (QED) is 0.452. The maximum Gasteiger partial charge on any atom is 0.573 e. The number of carbonyl (C=O) groups is 3. The number of carbonyl (C=O) groups excluding carboxylic acids is 3. The number of nitriles is 1. The molecule has 3 heterocycles. The lowest BCUT2D eigenvalue weighted by Gasteiger charge is -2.31. The van der Waals surface area contributed by atoms with Crippen molar-refractivity contribution in [3.05, 3.63) is 65.9 Å². The number of anilines is 1. The van der Waals surface area contributed by atoms with E-state index in [4.69, 9.17) is 0 Å². The minimum Gasteiger partial charge on any atom is -0.403 e. The molecule has 2 N–H and O–H groups in total. The van der Waals surface area contributed by atoms with E-state index < -0.39 is 46.8 Å². The molecule has 2 aliphatic heterocycles.